The Hall–Kier alpha value is -0.0800. The average molecular weight is 199 g/mol. The molecule has 3 atom stereocenters. The minimum Gasteiger partial charge on any atom is -0.396 e. The van der Waals surface area contributed by atoms with Crippen LogP contribution in [-0.4, -0.2) is 24.3 Å². The van der Waals surface area contributed by atoms with Gasteiger partial charge in [-0.1, -0.05) is 13.8 Å². The molecular weight excluding hydrogens is 174 g/mol. The van der Waals surface area contributed by atoms with Gasteiger partial charge in [-0.05, 0) is 50.5 Å². The second-order valence-electron chi connectivity index (χ2n) is 4.76. The highest BCUT2D eigenvalue weighted by atomic mass is 16.2. The molecule has 0 saturated heterocycles. The number of hydrogen-bond acceptors (Lipinski definition) is 2. The largest absolute Gasteiger partial charge is 0.396 e. The number of hydrogen-bond donors (Lipinski definition) is 2. The molecule has 1 aliphatic rings. The van der Waals surface area contributed by atoms with Crippen molar-refractivity contribution in [2.45, 2.75) is 52.0 Å². The van der Waals surface area contributed by atoms with Gasteiger partial charge in [0.05, 0.1) is 0 Å². The Morgan fingerprint density at radius 3 is 2.50 bits per heavy atom. The molecule has 1 saturated carbocycles. The van der Waals surface area contributed by atoms with Crippen molar-refractivity contribution in [3.05, 3.63) is 0 Å². The second kappa shape index (κ2) is 6.41. The highest BCUT2D eigenvalue weighted by Crippen LogP contribution is 2.30. The Morgan fingerprint density at radius 1 is 1.14 bits per heavy atom. The number of aliphatic hydroxyl groups excluding tert-OH is 1. The van der Waals surface area contributed by atoms with Crippen LogP contribution in [0.3, 0.4) is 0 Å². The van der Waals surface area contributed by atoms with Crippen molar-refractivity contribution in [3.63, 3.8) is 0 Å². The van der Waals surface area contributed by atoms with Crippen LogP contribution in [0, 0.1) is 11.8 Å². The highest BCUT2D eigenvalue weighted by molar-refractivity contribution is 4.84. The van der Waals surface area contributed by atoms with Crippen molar-refractivity contribution in [2.24, 2.45) is 11.8 Å². The van der Waals surface area contributed by atoms with Crippen LogP contribution >= 0.6 is 0 Å². The first kappa shape index (κ1) is 12.0. The summed E-state index contributed by atoms with van der Waals surface area (Å²) in [6.45, 7) is 6.19. The smallest absolute Gasteiger partial charge is 0.0431 e. The standard InChI is InChI=1S/C12H25NO/c1-10-6-7-12(11(10)2)13-8-4-3-5-9-14/h10-14H,3-9H2,1-2H3. The van der Waals surface area contributed by atoms with Gasteiger partial charge >= 0.3 is 0 Å². The van der Waals surface area contributed by atoms with Crippen molar-refractivity contribution < 1.29 is 5.11 Å². The topological polar surface area (TPSA) is 32.3 Å². The number of nitrogens with one attached hydrogen (secondary N) is 1. The molecule has 2 nitrogen and oxygen atoms in total. The molecule has 0 bridgehead atoms. The van der Waals surface area contributed by atoms with Gasteiger partial charge in [-0.25, -0.2) is 0 Å². The normalized spacial score (nSPS) is 32.4. The molecule has 0 amide bonds. The van der Waals surface area contributed by atoms with Crippen molar-refractivity contribution in [1.29, 1.82) is 0 Å². The van der Waals surface area contributed by atoms with Crippen molar-refractivity contribution in [2.75, 3.05) is 13.2 Å². The molecule has 2 heteroatoms. The summed E-state index contributed by atoms with van der Waals surface area (Å²) in [5.41, 5.74) is 0. The van der Waals surface area contributed by atoms with Crippen molar-refractivity contribution in [1.82, 2.24) is 5.32 Å². The first-order valence-electron chi connectivity index (χ1n) is 6.10. The van der Waals surface area contributed by atoms with Gasteiger partial charge < -0.3 is 10.4 Å². The molecule has 84 valence electrons. The molecule has 1 aliphatic carbocycles. The van der Waals surface area contributed by atoms with Gasteiger partial charge in [-0.2, -0.15) is 0 Å². The summed E-state index contributed by atoms with van der Waals surface area (Å²) in [5, 5.41) is 12.3. The minimum absolute atomic E-state index is 0.344. The van der Waals surface area contributed by atoms with Gasteiger partial charge in [0.2, 0.25) is 0 Å². The Kier molecular flexibility index (Phi) is 5.49. The number of aliphatic hydroxyl groups is 1. The summed E-state index contributed by atoms with van der Waals surface area (Å²) in [6, 6.07) is 0.749. The predicted octanol–water partition coefficient (Wildman–Crippen LogP) is 2.17. The van der Waals surface area contributed by atoms with E-state index in [1.165, 1.54) is 19.3 Å². The third kappa shape index (κ3) is 3.58. The lowest BCUT2D eigenvalue weighted by atomic mass is 9.98. The van der Waals surface area contributed by atoms with E-state index in [-0.39, 0.29) is 0 Å². The molecule has 1 fully saturated rings. The van der Waals surface area contributed by atoms with Crippen LogP contribution in [0.1, 0.15) is 46.0 Å². The third-order valence-electron chi connectivity index (χ3n) is 3.71. The zero-order chi connectivity index (χ0) is 10.4. The van der Waals surface area contributed by atoms with Gasteiger partial charge in [0, 0.05) is 12.6 Å². The molecule has 14 heavy (non-hydrogen) atoms. The molecule has 0 aromatic carbocycles. The maximum Gasteiger partial charge on any atom is 0.0431 e. The lowest BCUT2D eigenvalue weighted by molar-refractivity contribution is 0.281. The molecule has 0 heterocycles. The zero-order valence-corrected chi connectivity index (χ0v) is 9.63. The molecule has 0 spiro atoms. The quantitative estimate of drug-likeness (QED) is 0.643. The first-order valence-corrected chi connectivity index (χ1v) is 6.10. The van der Waals surface area contributed by atoms with Gasteiger partial charge in [0.1, 0.15) is 0 Å². The van der Waals surface area contributed by atoms with E-state index < -0.39 is 0 Å². The molecule has 0 aromatic heterocycles. The monoisotopic (exact) mass is 199 g/mol. The molecule has 0 aromatic rings. The van der Waals surface area contributed by atoms with Crippen LogP contribution in [0.2, 0.25) is 0 Å². The summed E-state index contributed by atoms with van der Waals surface area (Å²) in [7, 11) is 0. The summed E-state index contributed by atoms with van der Waals surface area (Å²) >= 11 is 0. The van der Waals surface area contributed by atoms with E-state index in [1.54, 1.807) is 0 Å². The number of unbranched alkanes of at least 4 members (excludes halogenated alkanes) is 2. The molecule has 2 N–H and O–H groups in total. The van der Waals surface area contributed by atoms with E-state index in [2.05, 4.69) is 19.2 Å². The Bertz CT molecular complexity index is 149. The van der Waals surface area contributed by atoms with Crippen LogP contribution in [0.25, 0.3) is 0 Å². The molecular formula is C12H25NO. The fraction of sp³-hybridized carbons (Fsp3) is 1.00. The SMILES string of the molecule is CC1CCC(NCCCCCO)C1C. The fourth-order valence-electron chi connectivity index (χ4n) is 2.35. The summed E-state index contributed by atoms with van der Waals surface area (Å²) in [6.07, 6.45) is 6.05. The van der Waals surface area contributed by atoms with Gasteiger partial charge in [0.15, 0.2) is 0 Å². The van der Waals surface area contributed by atoms with E-state index >= 15 is 0 Å². The summed E-state index contributed by atoms with van der Waals surface area (Å²) in [4.78, 5) is 0. The van der Waals surface area contributed by atoms with Gasteiger partial charge in [-0.15, -0.1) is 0 Å². The molecule has 0 aliphatic heterocycles. The van der Waals surface area contributed by atoms with E-state index in [0.29, 0.717) is 6.61 Å². The zero-order valence-electron chi connectivity index (χ0n) is 9.63. The predicted molar refractivity (Wildman–Crippen MR) is 60.3 cm³/mol. The van der Waals surface area contributed by atoms with Crippen LogP contribution in [0.5, 0.6) is 0 Å². The average Bonchev–Trinajstić information content (AvgIpc) is 2.49. The summed E-state index contributed by atoms with van der Waals surface area (Å²) in [5.74, 6) is 1.73. The molecule has 3 unspecified atom stereocenters. The third-order valence-corrected chi connectivity index (χ3v) is 3.71. The van der Waals surface area contributed by atoms with Crippen molar-refractivity contribution in [3.8, 4) is 0 Å². The Morgan fingerprint density at radius 2 is 1.93 bits per heavy atom. The van der Waals surface area contributed by atoms with Crippen LogP contribution < -0.4 is 5.32 Å². The first-order chi connectivity index (χ1) is 6.75. The molecule has 0 radical (unpaired) electrons. The number of rotatable bonds is 6. The van der Waals surface area contributed by atoms with Crippen molar-refractivity contribution >= 4 is 0 Å². The van der Waals surface area contributed by atoms with Crippen LogP contribution in [0.4, 0.5) is 0 Å². The van der Waals surface area contributed by atoms with E-state index in [0.717, 1.165) is 37.3 Å². The molecule has 1 rings (SSSR count). The Labute approximate surface area is 88.1 Å². The highest BCUT2D eigenvalue weighted by Gasteiger charge is 2.28. The maximum atomic E-state index is 8.63. The Balaban J connectivity index is 2.01. The maximum absolute atomic E-state index is 8.63. The minimum atomic E-state index is 0.344. The summed E-state index contributed by atoms with van der Waals surface area (Å²) < 4.78 is 0. The lowest BCUT2D eigenvalue weighted by Gasteiger charge is -2.19. The van der Waals surface area contributed by atoms with E-state index in [1.807, 2.05) is 0 Å². The van der Waals surface area contributed by atoms with Crippen LogP contribution in [-0.2, 0) is 0 Å². The lowest BCUT2D eigenvalue weighted by Crippen LogP contribution is -2.33. The van der Waals surface area contributed by atoms with Gasteiger partial charge in [-0.3, -0.25) is 0 Å². The second-order valence-corrected chi connectivity index (χ2v) is 4.76. The van der Waals surface area contributed by atoms with E-state index in [4.69, 9.17) is 5.11 Å². The van der Waals surface area contributed by atoms with Crippen LogP contribution in [0.15, 0.2) is 0 Å². The van der Waals surface area contributed by atoms with E-state index in [9.17, 15) is 0 Å². The fourth-order valence-corrected chi connectivity index (χ4v) is 2.35. The van der Waals surface area contributed by atoms with Gasteiger partial charge in [0.25, 0.3) is 0 Å².